The highest BCUT2D eigenvalue weighted by Gasteiger charge is 2.46. The average Bonchev–Trinajstić information content (AvgIpc) is 1.64. The number of aromatic nitrogens is 12. The number of nitrogens with zero attached hydrogens (tertiary/aromatic N) is 24. The van der Waals surface area contributed by atoms with Crippen LogP contribution in [0.4, 0.5) is 138 Å². The molecule has 6 aliphatic rings. The fourth-order valence-electron chi connectivity index (χ4n) is 18.0. The van der Waals surface area contributed by atoms with Crippen molar-refractivity contribution >= 4 is 180 Å². The molecule has 0 saturated carbocycles. The lowest BCUT2D eigenvalue weighted by Crippen LogP contribution is -2.41. The molecule has 0 atom stereocenters. The summed E-state index contributed by atoms with van der Waals surface area (Å²) in [6.45, 7) is 13.7. The molecule has 16 heterocycles. The Morgan fingerprint density at radius 1 is 0.129 bits per heavy atom. The summed E-state index contributed by atoms with van der Waals surface area (Å²) in [7, 11) is 0. The third-order valence-corrected chi connectivity index (χ3v) is 23.6. The van der Waals surface area contributed by atoms with Gasteiger partial charge in [0.1, 0.15) is 46.5 Å². The van der Waals surface area contributed by atoms with Crippen molar-refractivity contribution in [3.05, 3.63) is 438 Å². The van der Waals surface area contributed by atoms with Gasteiger partial charge in [-0.25, -0.2) is 59.8 Å². The van der Waals surface area contributed by atoms with E-state index in [-0.39, 0.29) is 41.9 Å². The first-order valence-electron chi connectivity index (χ1n) is 44.1. The Morgan fingerprint density at radius 2 is 0.295 bits per heavy atom. The minimum atomic E-state index is -0.0119. The van der Waals surface area contributed by atoms with E-state index in [0.29, 0.717) is 0 Å². The molecule has 10 aromatic heterocycles. The zero-order valence-electron chi connectivity index (χ0n) is 73.8. The first kappa shape index (κ1) is 84.6. The summed E-state index contributed by atoms with van der Waals surface area (Å²) in [5, 5.41) is 0. The highest BCUT2D eigenvalue weighted by atomic mass is 15.4. The largest absolute Gasteiger partial charge is 0.386 e. The summed E-state index contributed by atoms with van der Waals surface area (Å²) in [6, 6.07) is 123. The van der Waals surface area contributed by atoms with Gasteiger partial charge in [0.2, 0.25) is 0 Å². The van der Waals surface area contributed by atoms with Crippen LogP contribution in [0.15, 0.2) is 438 Å². The normalized spacial score (nSPS) is 13.4. The van der Waals surface area contributed by atoms with Crippen LogP contribution in [0.5, 0.6) is 0 Å². The molecule has 0 aliphatic carbocycles. The quantitative estimate of drug-likeness (QED) is 0.105. The van der Waals surface area contributed by atoms with Gasteiger partial charge in [-0.15, -0.1) is 0 Å². The molecule has 30 heteroatoms. The van der Waals surface area contributed by atoms with Crippen LogP contribution in [-0.4, -0.2) is 102 Å². The van der Waals surface area contributed by atoms with Crippen LogP contribution in [0, 0.1) is 0 Å². The fraction of sp³-hybridized carbons (Fsp3) is 0.0588. The van der Waals surface area contributed by atoms with Crippen LogP contribution in [0.2, 0.25) is 40.9 Å². The van der Waals surface area contributed by atoms with E-state index in [1.54, 1.807) is 43.4 Å². The Kier molecular flexibility index (Phi) is 25.1. The Morgan fingerprint density at radius 3 is 0.598 bits per heavy atom. The first-order valence-corrected chi connectivity index (χ1v) is 44.1. The first-order chi connectivity index (χ1) is 65.2. The third kappa shape index (κ3) is 17.0. The van der Waals surface area contributed by atoms with Gasteiger partial charge in [-0.1, -0.05) is 170 Å². The van der Waals surface area contributed by atoms with Crippen molar-refractivity contribution < 1.29 is 0 Å². The van der Waals surface area contributed by atoms with E-state index >= 15 is 0 Å². The zero-order chi connectivity index (χ0) is 89.6. The number of pyridine rings is 8. The highest BCUT2D eigenvalue weighted by molar-refractivity contribution is 6.75. The molecule has 0 unspecified atom stereocenters. The summed E-state index contributed by atoms with van der Waals surface area (Å²) >= 11 is 0. The fourth-order valence-corrected chi connectivity index (χ4v) is 18.0. The average molecular weight is 1720 g/mol. The molecule has 24 nitrogen and oxygen atoms in total. The number of fused-ring (bicyclic) bond motifs is 6. The maximum Gasteiger partial charge on any atom is 0.386 e. The van der Waals surface area contributed by atoms with E-state index in [4.69, 9.17) is 0 Å². The van der Waals surface area contributed by atoms with Crippen molar-refractivity contribution in [2.75, 3.05) is 57.7 Å². The molecule has 6 aliphatic heterocycles. The lowest BCUT2D eigenvalue weighted by Gasteiger charge is -2.27. The molecule has 8 aromatic carbocycles. The van der Waals surface area contributed by atoms with Gasteiger partial charge in [0.15, 0.2) is 23.3 Å². The molecule has 0 saturated heterocycles. The topological polar surface area (TPSA) is 194 Å². The Bertz CT molecular complexity index is 5330. The molecule has 0 bridgehead atoms. The van der Waals surface area contributed by atoms with Crippen LogP contribution < -0.4 is 57.7 Å². The van der Waals surface area contributed by atoms with Crippen LogP contribution in [0.1, 0.15) is 0 Å². The minimum absolute atomic E-state index is 0.0119. The number of benzene rings is 8. The van der Waals surface area contributed by atoms with Crippen molar-refractivity contribution in [3.8, 4) is 0 Å². The van der Waals surface area contributed by atoms with Gasteiger partial charge in [-0.2, -0.15) is 0 Å². The third-order valence-electron chi connectivity index (χ3n) is 23.6. The van der Waals surface area contributed by atoms with E-state index in [0.717, 1.165) is 110 Å². The Hall–Kier alpha value is -16.9. The number of para-hydroxylation sites is 10. The van der Waals surface area contributed by atoms with E-state index < -0.39 is 0 Å². The van der Waals surface area contributed by atoms with E-state index in [2.05, 4.69) is 353 Å². The van der Waals surface area contributed by atoms with Crippen LogP contribution >= 0.6 is 0 Å². The summed E-state index contributed by atoms with van der Waals surface area (Å²) in [5.74, 6) is 10.6. The Labute approximate surface area is 772 Å². The number of anilines is 24. The van der Waals surface area contributed by atoms with Crippen LogP contribution in [-0.2, 0) is 0 Å². The number of rotatable bonds is 12. The van der Waals surface area contributed by atoms with Gasteiger partial charge in [-0.05, 0) is 235 Å². The van der Waals surface area contributed by atoms with Gasteiger partial charge >= 0.3 is 41.9 Å². The van der Waals surface area contributed by atoms with Crippen LogP contribution in [0.25, 0.3) is 0 Å². The van der Waals surface area contributed by atoms with Gasteiger partial charge < -0.3 is 57.7 Å². The SMILES string of the molecule is CB1N(c2ccccc2)c2ccccc2N1c1ccccc1.CB1N(c2ccccc2)c2cccnc2N1c1ccccc1.CB1N(c2ccccc2)c2nccnc2N1c1ccccc1.CB1N(c2ccccn2)c2ccccc2N1c1ccccn1.CB1N(c2ccccn2)c2cccnc2N1c1ccccn1.CB1N(c2ccccn2)c2nccnc2N1c1ccccn1. The van der Waals surface area contributed by atoms with Crippen molar-refractivity contribution in [2.45, 2.75) is 40.9 Å². The second-order valence-electron chi connectivity index (χ2n) is 31.4. The molecule has 0 radical (unpaired) electrons. The summed E-state index contributed by atoms with van der Waals surface area (Å²) in [6.07, 6.45) is 21.4. The lowest BCUT2D eigenvalue weighted by atomic mass is 9.75. The second kappa shape index (κ2) is 39.1. The molecule has 0 spiro atoms. The van der Waals surface area contributed by atoms with Crippen molar-refractivity contribution in [1.29, 1.82) is 0 Å². The Balaban J connectivity index is 0.000000102. The van der Waals surface area contributed by atoms with Gasteiger partial charge in [0, 0.05) is 108 Å². The lowest BCUT2D eigenvalue weighted by molar-refractivity contribution is 1.14. The van der Waals surface area contributed by atoms with Gasteiger partial charge in [-0.3, -0.25) is 0 Å². The monoisotopic (exact) mass is 1720 g/mol. The summed E-state index contributed by atoms with van der Waals surface area (Å²) < 4.78 is 0. The van der Waals surface area contributed by atoms with E-state index in [1.165, 1.54) is 28.4 Å². The molecule has 132 heavy (non-hydrogen) atoms. The molecular weight excluding hydrogens is 1630 g/mol. The van der Waals surface area contributed by atoms with Crippen molar-refractivity contribution in [2.24, 2.45) is 0 Å². The predicted molar refractivity (Wildman–Crippen MR) is 545 cm³/mol. The van der Waals surface area contributed by atoms with Crippen molar-refractivity contribution in [1.82, 2.24) is 59.8 Å². The highest BCUT2D eigenvalue weighted by Crippen LogP contribution is 2.51. The number of hydrogen-bond acceptors (Lipinski definition) is 24. The van der Waals surface area contributed by atoms with Crippen LogP contribution in [0.3, 0.4) is 0 Å². The maximum atomic E-state index is 4.63. The standard InChI is InChI=1S/C19H17BN2.C18H16BN3.2C17H15BN4.C16H14BN5.C15H13BN6/c1-20-21(16-10-4-2-5-11-16)18-14-8-9-15-19(18)22(20)17-12-6-3-7-13-17;1-19-21(15-9-4-2-5-10-15)17-13-8-14-20-18(17)22(19)16-11-6-3-7-12-16;1-18-21(14-8-4-2-5-9-14)16-17(20-13-12-19-16)22(18)15-10-6-3-7-11-15;1-18-21(16-10-4-6-12-19-16)14-8-2-3-9-15(14)22(18)17-11-5-7-13-20-17;1-17-21(14-8-2-4-10-18-14)13-7-6-12-20-16(13)22(17)15-9-3-5-11-19-15;1-16-21(12-6-2-4-8-17-12)14-15(20-11-10-19-14)22(16)13-7-3-5-9-18-13/h2-15H,1H3;2-14H,1H3;2*2-13H,1H3;2-12H,1H3;2-11H,1H3. The molecule has 636 valence electrons. The maximum absolute atomic E-state index is 4.63. The summed E-state index contributed by atoms with van der Waals surface area (Å²) in [5.41, 5.74) is 14.0. The van der Waals surface area contributed by atoms with Crippen molar-refractivity contribution in [3.63, 3.8) is 0 Å². The van der Waals surface area contributed by atoms with Gasteiger partial charge in [0.25, 0.3) is 0 Å². The molecule has 24 rings (SSSR count). The predicted octanol–water partition coefficient (Wildman–Crippen LogP) is 23.3. The molecule has 0 amide bonds. The second-order valence-corrected chi connectivity index (χ2v) is 31.4. The molecule has 18 aromatic rings. The summed E-state index contributed by atoms with van der Waals surface area (Å²) in [4.78, 5) is 81.0. The van der Waals surface area contributed by atoms with Gasteiger partial charge in [0.05, 0.1) is 34.1 Å². The molecule has 0 N–H and O–H groups in total. The zero-order valence-corrected chi connectivity index (χ0v) is 73.8. The minimum Gasteiger partial charge on any atom is -0.364 e. The smallest absolute Gasteiger partial charge is 0.364 e. The molecule has 0 fully saturated rings. The van der Waals surface area contributed by atoms with E-state index in [1.807, 2.05) is 201 Å². The number of hydrogen-bond donors (Lipinski definition) is 0. The molecular formula is C102H90B6N24. The van der Waals surface area contributed by atoms with E-state index in [9.17, 15) is 0 Å².